The van der Waals surface area contributed by atoms with Crippen molar-refractivity contribution < 1.29 is 14.3 Å². The molecule has 0 bridgehead atoms. The Labute approximate surface area is 203 Å². The minimum atomic E-state index is -0.220. The summed E-state index contributed by atoms with van der Waals surface area (Å²) in [5.41, 5.74) is 5.62. The highest BCUT2D eigenvalue weighted by atomic mass is 32.1. The number of aromatic nitrogens is 1. The Kier molecular flexibility index (Phi) is 7.38. The van der Waals surface area contributed by atoms with Crippen LogP contribution in [-0.2, 0) is 26.1 Å². The van der Waals surface area contributed by atoms with Crippen LogP contribution in [0.5, 0.6) is 11.5 Å². The highest BCUT2D eigenvalue weighted by Crippen LogP contribution is 2.26. The Hall–Kier alpha value is -3.10. The molecule has 8 heteroatoms. The molecular formula is C26H31N3O4S. The number of amides is 1. The highest BCUT2D eigenvalue weighted by molar-refractivity contribution is 7.07. The number of aryl methyl sites for hydroxylation is 2. The van der Waals surface area contributed by atoms with Gasteiger partial charge in [-0.05, 0) is 59.0 Å². The molecule has 1 aromatic carbocycles. The number of thiophene rings is 1. The molecule has 1 N–H and O–H groups in total. The minimum absolute atomic E-state index is 0.139. The Morgan fingerprint density at radius 1 is 1.06 bits per heavy atom. The fraction of sp³-hybridized carbons (Fsp3) is 0.385. The summed E-state index contributed by atoms with van der Waals surface area (Å²) < 4.78 is 12.6. The normalized spacial score (nSPS) is 13.8. The number of carbonyl (C=O) groups is 1. The van der Waals surface area contributed by atoms with Crippen molar-refractivity contribution in [3.63, 3.8) is 0 Å². The van der Waals surface area contributed by atoms with Crippen LogP contribution in [-0.4, -0.2) is 42.7 Å². The summed E-state index contributed by atoms with van der Waals surface area (Å²) in [7, 11) is 3.19. The van der Waals surface area contributed by atoms with Crippen molar-refractivity contribution in [1.82, 2.24) is 14.8 Å². The first kappa shape index (κ1) is 24.0. The average Bonchev–Trinajstić information content (AvgIpc) is 3.26. The molecule has 3 heterocycles. The first-order chi connectivity index (χ1) is 16.4. The van der Waals surface area contributed by atoms with E-state index < -0.39 is 0 Å². The Bertz CT molecular complexity index is 1230. The lowest BCUT2D eigenvalue weighted by Crippen LogP contribution is -2.31. The van der Waals surface area contributed by atoms with E-state index >= 15 is 0 Å². The summed E-state index contributed by atoms with van der Waals surface area (Å²) in [6.45, 7) is 7.34. The fourth-order valence-corrected chi connectivity index (χ4v) is 5.17. The van der Waals surface area contributed by atoms with Gasteiger partial charge in [0.25, 0.3) is 11.5 Å². The van der Waals surface area contributed by atoms with Gasteiger partial charge in [-0.1, -0.05) is 6.07 Å². The zero-order chi connectivity index (χ0) is 24.2. The van der Waals surface area contributed by atoms with Crippen LogP contribution >= 0.6 is 11.3 Å². The van der Waals surface area contributed by atoms with E-state index in [1.54, 1.807) is 23.0 Å². The Morgan fingerprint density at radius 3 is 2.56 bits per heavy atom. The highest BCUT2D eigenvalue weighted by Gasteiger charge is 2.25. The van der Waals surface area contributed by atoms with Crippen LogP contribution in [0.3, 0.4) is 0 Å². The number of ether oxygens (including phenoxy) is 2. The zero-order valence-corrected chi connectivity index (χ0v) is 21.0. The predicted molar refractivity (Wildman–Crippen MR) is 134 cm³/mol. The molecule has 0 aliphatic carbocycles. The van der Waals surface area contributed by atoms with Crippen LogP contribution in [0.4, 0.5) is 0 Å². The number of pyridine rings is 1. The van der Waals surface area contributed by atoms with E-state index in [9.17, 15) is 9.59 Å². The van der Waals surface area contributed by atoms with Crippen LogP contribution in [0, 0.1) is 13.8 Å². The second-order valence-corrected chi connectivity index (χ2v) is 9.39. The van der Waals surface area contributed by atoms with E-state index in [0.717, 1.165) is 42.2 Å². The van der Waals surface area contributed by atoms with Crippen molar-refractivity contribution in [2.24, 2.45) is 0 Å². The smallest absolute Gasteiger partial charge is 0.257 e. The van der Waals surface area contributed by atoms with Crippen LogP contribution < -0.4 is 20.3 Å². The van der Waals surface area contributed by atoms with Gasteiger partial charge >= 0.3 is 0 Å². The van der Waals surface area contributed by atoms with Crippen molar-refractivity contribution in [3.8, 4) is 11.5 Å². The molecule has 0 saturated carbocycles. The lowest BCUT2D eigenvalue weighted by Gasteiger charge is -2.21. The second kappa shape index (κ2) is 10.4. The van der Waals surface area contributed by atoms with Gasteiger partial charge in [-0.2, -0.15) is 11.3 Å². The van der Waals surface area contributed by atoms with Gasteiger partial charge in [0, 0.05) is 50.9 Å². The summed E-state index contributed by atoms with van der Waals surface area (Å²) in [5, 5.41) is 6.98. The Morgan fingerprint density at radius 2 is 1.85 bits per heavy atom. The number of carbonyl (C=O) groups excluding carboxylic acids is 1. The van der Waals surface area contributed by atoms with E-state index in [4.69, 9.17) is 9.47 Å². The maximum Gasteiger partial charge on any atom is 0.257 e. The van der Waals surface area contributed by atoms with E-state index in [-0.39, 0.29) is 11.5 Å². The largest absolute Gasteiger partial charge is 0.496 e. The Balaban J connectivity index is 1.57. The topological polar surface area (TPSA) is 72.8 Å². The third-order valence-corrected chi connectivity index (χ3v) is 7.15. The maximum atomic E-state index is 13.2. The molecule has 0 spiro atoms. The van der Waals surface area contributed by atoms with Crippen LogP contribution in [0.2, 0.25) is 0 Å². The second-order valence-electron chi connectivity index (χ2n) is 8.61. The van der Waals surface area contributed by atoms with E-state index in [1.165, 1.54) is 24.3 Å². The van der Waals surface area contributed by atoms with E-state index in [0.29, 0.717) is 30.8 Å². The minimum Gasteiger partial charge on any atom is -0.496 e. The third kappa shape index (κ3) is 5.03. The number of hydrogen-bond acceptors (Lipinski definition) is 6. The van der Waals surface area contributed by atoms with Crippen molar-refractivity contribution in [3.05, 3.63) is 78.9 Å². The van der Waals surface area contributed by atoms with Gasteiger partial charge in [0.05, 0.1) is 14.2 Å². The maximum absolute atomic E-state index is 13.2. The van der Waals surface area contributed by atoms with E-state index in [1.807, 2.05) is 23.8 Å². The number of benzene rings is 1. The molecule has 0 unspecified atom stereocenters. The molecule has 0 atom stereocenters. The van der Waals surface area contributed by atoms with Gasteiger partial charge in [0.15, 0.2) is 0 Å². The SMILES string of the molecule is COc1cc(C)c(CN2CCc3c(C(=O)NCc4ccsc4)c(OC)cc(=O)n3CC2)cc1C. The van der Waals surface area contributed by atoms with Crippen LogP contribution in [0.25, 0.3) is 0 Å². The van der Waals surface area contributed by atoms with Gasteiger partial charge in [-0.3, -0.25) is 14.5 Å². The first-order valence-corrected chi connectivity index (χ1v) is 12.3. The lowest BCUT2D eigenvalue weighted by molar-refractivity contribution is 0.0945. The lowest BCUT2D eigenvalue weighted by atomic mass is 10.0. The molecule has 3 aromatic rings. The number of rotatable bonds is 7. The first-order valence-electron chi connectivity index (χ1n) is 11.4. The molecule has 0 saturated heterocycles. The molecule has 1 aliphatic rings. The van der Waals surface area contributed by atoms with Crippen molar-refractivity contribution in [2.45, 2.75) is 39.9 Å². The van der Waals surface area contributed by atoms with Gasteiger partial charge in [0.1, 0.15) is 17.1 Å². The van der Waals surface area contributed by atoms with Crippen molar-refractivity contribution in [2.75, 3.05) is 27.3 Å². The molecule has 2 aromatic heterocycles. The number of hydrogen-bond donors (Lipinski definition) is 1. The summed E-state index contributed by atoms with van der Waals surface area (Å²) in [6.07, 6.45) is 0.585. The fourth-order valence-electron chi connectivity index (χ4n) is 4.50. The molecule has 0 fully saturated rings. The quantitative estimate of drug-likeness (QED) is 0.559. The van der Waals surface area contributed by atoms with Gasteiger partial charge < -0.3 is 19.4 Å². The summed E-state index contributed by atoms with van der Waals surface area (Å²) >= 11 is 1.59. The van der Waals surface area contributed by atoms with Gasteiger partial charge in [0.2, 0.25) is 0 Å². The van der Waals surface area contributed by atoms with Crippen LogP contribution in [0.1, 0.15) is 38.3 Å². The van der Waals surface area contributed by atoms with E-state index in [2.05, 4.69) is 29.3 Å². The average molecular weight is 482 g/mol. The van der Waals surface area contributed by atoms with Crippen LogP contribution in [0.15, 0.2) is 39.8 Å². The monoisotopic (exact) mass is 481 g/mol. The summed E-state index contributed by atoms with van der Waals surface area (Å²) in [6, 6.07) is 7.65. The van der Waals surface area contributed by atoms with Crippen molar-refractivity contribution in [1.29, 1.82) is 0 Å². The van der Waals surface area contributed by atoms with Crippen molar-refractivity contribution >= 4 is 17.2 Å². The molecule has 180 valence electrons. The molecule has 1 amide bonds. The standard InChI is InChI=1S/C26H31N3O4S/c1-17-12-22(32-3)18(2)11-20(17)15-28-7-5-21-25(26(31)27-14-19-6-10-34-16-19)23(33-4)13-24(30)29(21)9-8-28/h6,10-13,16H,5,7-9,14-15H2,1-4H3,(H,27,31). The molecule has 1 aliphatic heterocycles. The molecule has 0 radical (unpaired) electrons. The molecule has 7 nitrogen and oxygen atoms in total. The van der Waals surface area contributed by atoms with Gasteiger partial charge in [-0.25, -0.2) is 0 Å². The number of fused-ring (bicyclic) bond motifs is 1. The number of nitrogens with zero attached hydrogens (tertiary/aromatic N) is 2. The predicted octanol–water partition coefficient (Wildman–Crippen LogP) is 3.53. The molecule has 4 rings (SSSR count). The summed E-state index contributed by atoms with van der Waals surface area (Å²) in [5.74, 6) is 0.997. The number of methoxy groups -OCH3 is 2. The summed E-state index contributed by atoms with van der Waals surface area (Å²) in [4.78, 5) is 28.4. The molecular weight excluding hydrogens is 450 g/mol. The third-order valence-electron chi connectivity index (χ3n) is 6.41. The molecule has 34 heavy (non-hydrogen) atoms. The number of nitrogens with one attached hydrogen (secondary N) is 1. The van der Waals surface area contributed by atoms with Gasteiger partial charge in [-0.15, -0.1) is 0 Å². The zero-order valence-electron chi connectivity index (χ0n) is 20.1.